The second kappa shape index (κ2) is 6.61. The van der Waals surface area contributed by atoms with Crippen LogP contribution in [0.25, 0.3) is 0 Å². The number of hydrogen-bond donors (Lipinski definition) is 2. The molecule has 3 N–H and O–H groups in total. The molecule has 0 spiro atoms. The monoisotopic (exact) mass is 274 g/mol. The van der Waals surface area contributed by atoms with Gasteiger partial charge in [-0.2, -0.15) is 0 Å². The van der Waals surface area contributed by atoms with E-state index in [-0.39, 0.29) is 12.3 Å². The third kappa shape index (κ3) is 4.75. The van der Waals surface area contributed by atoms with Gasteiger partial charge in [-0.25, -0.2) is 0 Å². The molecule has 0 fully saturated rings. The molecule has 1 atom stereocenters. The summed E-state index contributed by atoms with van der Waals surface area (Å²) in [5.74, 6) is 0.778. The molecule has 4 nitrogen and oxygen atoms in total. The molecule has 0 aromatic heterocycles. The standard InChI is InChI=1S/C11H15ClN2O2S/c1-2-17(16)6-5-11(15)14-8-3-4-9(12)10(13)7-8/h3-4,7H,2,5-6,13H2,1H3,(H,14,15). The summed E-state index contributed by atoms with van der Waals surface area (Å²) in [5.41, 5.74) is 6.62. The number of benzene rings is 1. The molecule has 1 aromatic rings. The zero-order chi connectivity index (χ0) is 12.8. The lowest BCUT2D eigenvalue weighted by atomic mass is 10.2. The Morgan fingerprint density at radius 3 is 2.82 bits per heavy atom. The predicted molar refractivity (Wildman–Crippen MR) is 72.7 cm³/mol. The van der Waals surface area contributed by atoms with Crippen molar-refractivity contribution in [1.29, 1.82) is 0 Å². The van der Waals surface area contributed by atoms with Crippen molar-refractivity contribution in [1.82, 2.24) is 0 Å². The van der Waals surface area contributed by atoms with Gasteiger partial charge >= 0.3 is 0 Å². The summed E-state index contributed by atoms with van der Waals surface area (Å²) < 4.78 is 11.2. The van der Waals surface area contributed by atoms with Crippen molar-refractivity contribution in [2.24, 2.45) is 0 Å². The summed E-state index contributed by atoms with van der Waals surface area (Å²) in [6.07, 6.45) is 0.239. The number of rotatable bonds is 5. The van der Waals surface area contributed by atoms with Crippen LogP contribution < -0.4 is 11.1 Å². The SMILES string of the molecule is CCS(=O)CCC(=O)Nc1ccc(Cl)c(N)c1. The summed E-state index contributed by atoms with van der Waals surface area (Å²) in [6.45, 7) is 1.83. The fourth-order valence-electron chi connectivity index (χ4n) is 1.20. The fraction of sp³-hybridized carbons (Fsp3) is 0.364. The molecule has 0 radical (unpaired) electrons. The second-order valence-electron chi connectivity index (χ2n) is 3.47. The van der Waals surface area contributed by atoms with Crippen molar-refractivity contribution in [2.75, 3.05) is 22.6 Å². The van der Waals surface area contributed by atoms with Crippen molar-refractivity contribution in [3.05, 3.63) is 23.2 Å². The minimum absolute atomic E-state index is 0.173. The molecule has 1 amide bonds. The summed E-state index contributed by atoms with van der Waals surface area (Å²) in [7, 11) is -0.920. The maximum atomic E-state index is 11.5. The van der Waals surface area contributed by atoms with Gasteiger partial charge in [0.15, 0.2) is 0 Å². The van der Waals surface area contributed by atoms with E-state index in [2.05, 4.69) is 5.32 Å². The number of halogens is 1. The molecule has 0 bridgehead atoms. The van der Waals surface area contributed by atoms with Crippen molar-refractivity contribution in [3.8, 4) is 0 Å². The molecule has 94 valence electrons. The lowest BCUT2D eigenvalue weighted by Crippen LogP contribution is -2.15. The molecule has 1 unspecified atom stereocenters. The van der Waals surface area contributed by atoms with Crippen molar-refractivity contribution in [3.63, 3.8) is 0 Å². The van der Waals surface area contributed by atoms with Crippen LogP contribution in [0.2, 0.25) is 5.02 Å². The number of nitrogens with one attached hydrogen (secondary N) is 1. The van der Waals surface area contributed by atoms with E-state index >= 15 is 0 Å². The average molecular weight is 275 g/mol. The van der Waals surface area contributed by atoms with Crippen molar-refractivity contribution >= 4 is 39.7 Å². The van der Waals surface area contributed by atoms with Gasteiger partial charge in [-0.3, -0.25) is 9.00 Å². The van der Waals surface area contributed by atoms with Gasteiger partial charge in [0.25, 0.3) is 0 Å². The summed E-state index contributed by atoms with van der Waals surface area (Å²) in [5, 5.41) is 3.13. The molecule has 0 heterocycles. The average Bonchev–Trinajstić information content (AvgIpc) is 2.31. The van der Waals surface area contributed by atoms with E-state index in [1.807, 2.05) is 6.92 Å². The normalized spacial score (nSPS) is 12.1. The first-order chi connectivity index (χ1) is 8.02. The van der Waals surface area contributed by atoms with Gasteiger partial charge in [-0.1, -0.05) is 18.5 Å². The van der Waals surface area contributed by atoms with Crippen LogP contribution in [0.1, 0.15) is 13.3 Å². The summed E-state index contributed by atoms with van der Waals surface area (Å²) in [6, 6.07) is 4.89. The van der Waals surface area contributed by atoms with Gasteiger partial charge in [-0.05, 0) is 18.2 Å². The van der Waals surface area contributed by atoms with E-state index in [4.69, 9.17) is 17.3 Å². The lowest BCUT2D eigenvalue weighted by Gasteiger charge is -2.06. The molecule has 17 heavy (non-hydrogen) atoms. The first-order valence-electron chi connectivity index (χ1n) is 5.22. The smallest absolute Gasteiger partial charge is 0.225 e. The highest BCUT2D eigenvalue weighted by molar-refractivity contribution is 7.84. The van der Waals surface area contributed by atoms with Gasteiger partial charge in [0.05, 0.1) is 10.7 Å². The van der Waals surface area contributed by atoms with Crippen LogP contribution in [-0.4, -0.2) is 21.6 Å². The number of carbonyl (C=O) groups excluding carboxylic acids is 1. The number of anilines is 2. The first-order valence-corrected chi connectivity index (χ1v) is 7.09. The largest absolute Gasteiger partial charge is 0.397 e. The first kappa shape index (κ1) is 14.0. The Labute approximate surface area is 108 Å². The zero-order valence-electron chi connectivity index (χ0n) is 9.53. The van der Waals surface area contributed by atoms with Gasteiger partial charge in [0.2, 0.25) is 5.91 Å². The van der Waals surface area contributed by atoms with E-state index in [1.54, 1.807) is 18.2 Å². The minimum atomic E-state index is -0.920. The number of nitrogen functional groups attached to an aromatic ring is 1. The van der Waals surface area contributed by atoms with Crippen LogP contribution in [0.15, 0.2) is 18.2 Å². The van der Waals surface area contributed by atoms with Gasteiger partial charge in [0.1, 0.15) is 0 Å². The number of nitrogens with two attached hydrogens (primary N) is 1. The minimum Gasteiger partial charge on any atom is -0.397 e. The topological polar surface area (TPSA) is 72.2 Å². The molecule has 0 saturated heterocycles. The Morgan fingerprint density at radius 1 is 1.53 bits per heavy atom. The predicted octanol–water partition coefficient (Wildman–Crippen LogP) is 2.02. The number of amides is 1. The lowest BCUT2D eigenvalue weighted by molar-refractivity contribution is -0.115. The fourth-order valence-corrected chi connectivity index (χ4v) is 2.02. The Morgan fingerprint density at radius 2 is 2.24 bits per heavy atom. The van der Waals surface area contributed by atoms with E-state index in [0.717, 1.165) is 0 Å². The Bertz CT molecular complexity index is 437. The van der Waals surface area contributed by atoms with E-state index < -0.39 is 10.8 Å². The molecule has 0 saturated carbocycles. The molecule has 0 aliphatic heterocycles. The number of hydrogen-bond acceptors (Lipinski definition) is 3. The highest BCUT2D eigenvalue weighted by Gasteiger charge is 2.06. The summed E-state index contributed by atoms with van der Waals surface area (Å²) >= 11 is 5.76. The van der Waals surface area contributed by atoms with Crippen LogP contribution in [-0.2, 0) is 15.6 Å². The molecule has 1 aromatic carbocycles. The van der Waals surface area contributed by atoms with E-state index in [0.29, 0.717) is 27.9 Å². The molecule has 0 aliphatic rings. The highest BCUT2D eigenvalue weighted by Crippen LogP contribution is 2.22. The Balaban J connectivity index is 2.50. The van der Waals surface area contributed by atoms with Gasteiger partial charge < -0.3 is 11.1 Å². The third-order valence-corrected chi connectivity index (χ3v) is 3.81. The van der Waals surface area contributed by atoms with Gasteiger partial charge in [0, 0.05) is 34.4 Å². The molecule has 6 heteroatoms. The summed E-state index contributed by atoms with van der Waals surface area (Å²) in [4.78, 5) is 11.5. The van der Waals surface area contributed by atoms with Crippen molar-refractivity contribution in [2.45, 2.75) is 13.3 Å². The van der Waals surface area contributed by atoms with Crippen molar-refractivity contribution < 1.29 is 9.00 Å². The Kier molecular flexibility index (Phi) is 5.44. The maximum absolute atomic E-state index is 11.5. The van der Waals surface area contributed by atoms with Gasteiger partial charge in [-0.15, -0.1) is 0 Å². The van der Waals surface area contributed by atoms with Crippen LogP contribution >= 0.6 is 11.6 Å². The van der Waals surface area contributed by atoms with Crippen LogP contribution in [0.5, 0.6) is 0 Å². The third-order valence-electron chi connectivity index (χ3n) is 2.16. The maximum Gasteiger partial charge on any atom is 0.225 e. The van der Waals surface area contributed by atoms with Crippen LogP contribution in [0, 0.1) is 0 Å². The number of carbonyl (C=O) groups is 1. The quantitative estimate of drug-likeness (QED) is 0.807. The molecule has 1 rings (SSSR count). The van der Waals surface area contributed by atoms with E-state index in [9.17, 15) is 9.00 Å². The molecular weight excluding hydrogens is 260 g/mol. The second-order valence-corrected chi connectivity index (χ2v) is 5.74. The zero-order valence-corrected chi connectivity index (χ0v) is 11.1. The van der Waals surface area contributed by atoms with Crippen LogP contribution in [0.4, 0.5) is 11.4 Å². The Hall–Kier alpha value is -1.07. The molecule has 0 aliphatic carbocycles. The highest BCUT2D eigenvalue weighted by atomic mass is 35.5. The van der Waals surface area contributed by atoms with Crippen LogP contribution in [0.3, 0.4) is 0 Å². The molecular formula is C11H15ClN2O2S. The van der Waals surface area contributed by atoms with E-state index in [1.165, 1.54) is 0 Å².